The smallest absolute Gasteiger partial charge is 0.336 e. The average molecular weight is 347 g/mol. The summed E-state index contributed by atoms with van der Waals surface area (Å²) in [7, 11) is 0. The van der Waals surface area contributed by atoms with E-state index in [0.717, 1.165) is 38.1 Å². The van der Waals surface area contributed by atoms with Crippen molar-refractivity contribution in [3.05, 3.63) is 17.7 Å². The van der Waals surface area contributed by atoms with Crippen LogP contribution in [0.2, 0.25) is 0 Å². The summed E-state index contributed by atoms with van der Waals surface area (Å²) in [6.07, 6.45) is 5.24. The van der Waals surface area contributed by atoms with E-state index in [-0.39, 0.29) is 29.5 Å². The number of aromatic nitrogens is 2. The minimum absolute atomic E-state index is 0.0133. The van der Waals surface area contributed by atoms with Gasteiger partial charge in [0.15, 0.2) is 0 Å². The molecule has 1 aromatic rings. The van der Waals surface area contributed by atoms with Crippen molar-refractivity contribution in [3.63, 3.8) is 0 Å². The fraction of sp³-hybridized carbons (Fsp3) is 0.706. The molecular weight excluding hydrogens is 322 g/mol. The number of nitrogens with zero attached hydrogens (tertiary/aromatic N) is 3. The predicted octanol–water partition coefficient (Wildman–Crippen LogP) is 0.665. The van der Waals surface area contributed by atoms with Crippen molar-refractivity contribution >= 4 is 11.9 Å². The number of hydrazine groups is 1. The molecule has 3 atom stereocenters. The van der Waals surface area contributed by atoms with E-state index in [1.807, 2.05) is 18.4 Å². The van der Waals surface area contributed by atoms with Crippen LogP contribution in [0.3, 0.4) is 0 Å². The van der Waals surface area contributed by atoms with Crippen molar-refractivity contribution < 1.29 is 14.7 Å². The summed E-state index contributed by atoms with van der Waals surface area (Å²) in [4.78, 5) is 30.8. The Morgan fingerprint density at radius 1 is 1.28 bits per heavy atom. The van der Waals surface area contributed by atoms with Crippen molar-refractivity contribution in [1.29, 1.82) is 0 Å². The maximum Gasteiger partial charge on any atom is 0.336 e. The lowest BCUT2D eigenvalue weighted by Crippen LogP contribution is -2.66. The molecule has 0 spiro atoms. The van der Waals surface area contributed by atoms with E-state index in [0.29, 0.717) is 12.2 Å². The molecule has 1 aliphatic carbocycles. The number of urea groups is 1. The standard InChI is InChI=1S/C17H25N5O3/c1-17(2)13-10(14(17)23)6-8-22(13)16(25)20-19-15(24)11-9-21-7-4-3-5-12(21)18-11/h9-10,13-14,23H,3-8H2,1-2H3,(H,19,24)(H,20,25)/t10-,13+,14+/m1/s1. The van der Waals surface area contributed by atoms with Gasteiger partial charge in [0.2, 0.25) is 0 Å². The second-order valence-corrected chi connectivity index (χ2v) is 7.93. The first kappa shape index (κ1) is 16.4. The van der Waals surface area contributed by atoms with Gasteiger partial charge < -0.3 is 14.6 Å². The predicted molar refractivity (Wildman–Crippen MR) is 89.6 cm³/mol. The Morgan fingerprint density at radius 3 is 2.84 bits per heavy atom. The van der Waals surface area contributed by atoms with E-state index in [1.165, 1.54) is 0 Å². The molecule has 3 amide bonds. The molecule has 2 fully saturated rings. The Morgan fingerprint density at radius 2 is 2.08 bits per heavy atom. The van der Waals surface area contributed by atoms with Crippen LogP contribution >= 0.6 is 0 Å². The van der Waals surface area contributed by atoms with Crippen LogP contribution in [-0.2, 0) is 13.0 Å². The third-order valence-electron chi connectivity index (χ3n) is 6.06. The molecule has 0 aromatic carbocycles. The van der Waals surface area contributed by atoms with Gasteiger partial charge in [0.25, 0.3) is 5.91 Å². The number of nitrogens with one attached hydrogen (secondary N) is 2. The molecule has 3 N–H and O–H groups in total. The van der Waals surface area contributed by atoms with Crippen LogP contribution in [0.15, 0.2) is 6.20 Å². The van der Waals surface area contributed by atoms with E-state index in [4.69, 9.17) is 0 Å². The van der Waals surface area contributed by atoms with Crippen molar-refractivity contribution in [3.8, 4) is 0 Å². The molecule has 0 radical (unpaired) electrons. The molecule has 8 heteroatoms. The first-order valence-corrected chi connectivity index (χ1v) is 9.00. The van der Waals surface area contributed by atoms with Crippen molar-refractivity contribution in [2.45, 2.75) is 58.2 Å². The second kappa shape index (κ2) is 5.72. The van der Waals surface area contributed by atoms with Gasteiger partial charge in [-0.05, 0) is 19.3 Å². The number of rotatable bonds is 1. The van der Waals surface area contributed by atoms with Gasteiger partial charge in [0, 0.05) is 43.1 Å². The minimum atomic E-state index is -0.404. The lowest BCUT2D eigenvalue weighted by molar-refractivity contribution is -0.134. The van der Waals surface area contributed by atoms with Gasteiger partial charge in [-0.3, -0.25) is 10.2 Å². The van der Waals surface area contributed by atoms with Gasteiger partial charge in [-0.15, -0.1) is 0 Å². The first-order chi connectivity index (χ1) is 11.9. The monoisotopic (exact) mass is 347 g/mol. The third-order valence-corrected chi connectivity index (χ3v) is 6.06. The molecule has 25 heavy (non-hydrogen) atoms. The Balaban J connectivity index is 1.36. The number of likely N-dealkylation sites (tertiary alicyclic amines) is 1. The highest BCUT2D eigenvalue weighted by molar-refractivity contribution is 5.93. The molecular formula is C17H25N5O3. The van der Waals surface area contributed by atoms with Crippen LogP contribution in [0.1, 0.15) is 49.4 Å². The van der Waals surface area contributed by atoms with Gasteiger partial charge in [-0.1, -0.05) is 13.8 Å². The molecule has 3 aliphatic rings. The van der Waals surface area contributed by atoms with E-state index in [2.05, 4.69) is 15.8 Å². The number of hydrogen-bond acceptors (Lipinski definition) is 4. The first-order valence-electron chi connectivity index (χ1n) is 9.00. The molecule has 2 aliphatic heterocycles. The minimum Gasteiger partial charge on any atom is -0.392 e. The van der Waals surface area contributed by atoms with Gasteiger partial charge in [-0.25, -0.2) is 15.2 Å². The lowest BCUT2D eigenvalue weighted by atomic mass is 9.58. The normalized spacial score (nSPS) is 29.4. The summed E-state index contributed by atoms with van der Waals surface area (Å²) in [5.74, 6) is 0.658. The molecule has 0 unspecified atom stereocenters. The average Bonchev–Trinajstić information content (AvgIpc) is 3.22. The van der Waals surface area contributed by atoms with Crippen LogP contribution in [-0.4, -0.2) is 50.2 Å². The molecule has 136 valence electrons. The summed E-state index contributed by atoms with van der Waals surface area (Å²) >= 11 is 0. The van der Waals surface area contributed by atoms with Gasteiger partial charge in [-0.2, -0.15) is 0 Å². The number of aliphatic hydroxyl groups is 1. The number of amides is 3. The molecule has 4 rings (SSSR count). The number of fused-ring (bicyclic) bond motifs is 2. The summed E-state index contributed by atoms with van der Waals surface area (Å²) in [6.45, 7) is 5.42. The highest BCUT2D eigenvalue weighted by atomic mass is 16.3. The van der Waals surface area contributed by atoms with Gasteiger partial charge in [0.05, 0.1) is 6.10 Å². The molecule has 0 bridgehead atoms. The van der Waals surface area contributed by atoms with Crippen LogP contribution in [0.5, 0.6) is 0 Å². The Kier molecular flexibility index (Phi) is 3.75. The SMILES string of the molecule is CC1(C)[C@@H]2[C@@H](CCN2C(=O)NNC(=O)c2cn3c(n2)CCCC3)[C@@H]1O. The van der Waals surface area contributed by atoms with Crippen LogP contribution in [0.25, 0.3) is 0 Å². The topological polar surface area (TPSA) is 99.5 Å². The van der Waals surface area contributed by atoms with E-state index in [9.17, 15) is 14.7 Å². The molecule has 1 saturated heterocycles. The quantitative estimate of drug-likeness (QED) is 0.650. The number of imidazole rings is 1. The molecule has 8 nitrogen and oxygen atoms in total. The summed E-state index contributed by atoms with van der Waals surface area (Å²) in [5, 5.41) is 10.2. The second-order valence-electron chi connectivity index (χ2n) is 7.93. The van der Waals surface area contributed by atoms with E-state index in [1.54, 1.807) is 11.1 Å². The summed E-state index contributed by atoms with van der Waals surface area (Å²) in [6, 6.07) is -0.316. The fourth-order valence-corrected chi connectivity index (χ4v) is 4.70. The largest absolute Gasteiger partial charge is 0.392 e. The number of carbonyl (C=O) groups is 2. The zero-order valence-corrected chi connectivity index (χ0v) is 14.7. The zero-order chi connectivity index (χ0) is 17.8. The Bertz CT molecular complexity index is 690. The number of aryl methyl sites for hydroxylation is 2. The molecule has 1 saturated carbocycles. The van der Waals surface area contributed by atoms with Gasteiger partial charge >= 0.3 is 6.03 Å². The number of hydrogen-bond donors (Lipinski definition) is 3. The fourth-order valence-electron chi connectivity index (χ4n) is 4.70. The van der Waals surface area contributed by atoms with Gasteiger partial charge in [0.1, 0.15) is 11.5 Å². The molecule has 3 heterocycles. The van der Waals surface area contributed by atoms with Crippen LogP contribution < -0.4 is 10.9 Å². The summed E-state index contributed by atoms with van der Waals surface area (Å²) < 4.78 is 2.00. The Labute approximate surface area is 146 Å². The van der Waals surface area contributed by atoms with Crippen LogP contribution in [0.4, 0.5) is 4.79 Å². The Hall–Kier alpha value is -2.09. The number of carbonyl (C=O) groups excluding carboxylic acids is 2. The maximum absolute atomic E-state index is 12.5. The molecule has 1 aromatic heterocycles. The van der Waals surface area contributed by atoms with E-state index >= 15 is 0 Å². The highest BCUT2D eigenvalue weighted by Gasteiger charge is 2.61. The van der Waals surface area contributed by atoms with Crippen molar-refractivity contribution in [2.75, 3.05) is 6.54 Å². The maximum atomic E-state index is 12.5. The zero-order valence-electron chi connectivity index (χ0n) is 14.7. The van der Waals surface area contributed by atoms with E-state index < -0.39 is 5.91 Å². The van der Waals surface area contributed by atoms with Crippen molar-refractivity contribution in [1.82, 2.24) is 25.3 Å². The van der Waals surface area contributed by atoms with Crippen molar-refractivity contribution in [2.24, 2.45) is 11.3 Å². The third kappa shape index (κ3) is 2.50. The number of aliphatic hydroxyl groups excluding tert-OH is 1. The highest BCUT2D eigenvalue weighted by Crippen LogP contribution is 2.53. The van der Waals surface area contributed by atoms with Crippen LogP contribution in [0, 0.1) is 11.3 Å². The summed E-state index contributed by atoms with van der Waals surface area (Å²) in [5.41, 5.74) is 4.98. The lowest BCUT2D eigenvalue weighted by Gasteiger charge is -2.55.